The van der Waals surface area contributed by atoms with Crippen molar-refractivity contribution in [3.8, 4) is 0 Å². The summed E-state index contributed by atoms with van der Waals surface area (Å²) in [7, 11) is 1.93. The molecule has 0 bridgehead atoms. The molecule has 0 amide bonds. The molecule has 0 aliphatic carbocycles. The zero-order valence-corrected chi connectivity index (χ0v) is 10.8. The van der Waals surface area contributed by atoms with E-state index in [-0.39, 0.29) is 0 Å². The van der Waals surface area contributed by atoms with Gasteiger partial charge in [0.1, 0.15) is 6.33 Å². The SMILES string of the molecule is CCN1CCN(Cn2ncn(C)c2=S)CC1. The van der Waals surface area contributed by atoms with Gasteiger partial charge in [0.15, 0.2) is 4.77 Å². The van der Waals surface area contributed by atoms with Gasteiger partial charge in [-0.2, -0.15) is 5.10 Å². The van der Waals surface area contributed by atoms with Crippen molar-refractivity contribution in [3.05, 3.63) is 11.1 Å². The first-order chi connectivity index (χ1) is 7.70. The highest BCUT2D eigenvalue weighted by Gasteiger charge is 2.15. The molecule has 0 radical (unpaired) electrons. The highest BCUT2D eigenvalue weighted by molar-refractivity contribution is 7.71. The average molecular weight is 241 g/mol. The van der Waals surface area contributed by atoms with Gasteiger partial charge in [-0.25, -0.2) is 4.68 Å². The predicted molar refractivity (Wildman–Crippen MR) is 65.7 cm³/mol. The van der Waals surface area contributed by atoms with Crippen molar-refractivity contribution in [3.63, 3.8) is 0 Å². The van der Waals surface area contributed by atoms with Crippen LogP contribution in [0.25, 0.3) is 0 Å². The van der Waals surface area contributed by atoms with Crippen molar-refractivity contribution in [1.82, 2.24) is 24.1 Å². The van der Waals surface area contributed by atoms with Gasteiger partial charge in [-0.3, -0.25) is 4.90 Å². The van der Waals surface area contributed by atoms with Crippen LogP contribution < -0.4 is 0 Å². The predicted octanol–water partition coefficient (Wildman–Crippen LogP) is 0.546. The molecule has 0 unspecified atom stereocenters. The number of hydrogen-bond donors (Lipinski definition) is 0. The lowest BCUT2D eigenvalue weighted by molar-refractivity contribution is 0.106. The van der Waals surface area contributed by atoms with Crippen LogP contribution in [0.1, 0.15) is 6.92 Å². The van der Waals surface area contributed by atoms with Gasteiger partial charge >= 0.3 is 0 Å². The van der Waals surface area contributed by atoms with E-state index in [1.165, 1.54) is 0 Å². The summed E-state index contributed by atoms with van der Waals surface area (Å²) in [4.78, 5) is 4.86. The maximum absolute atomic E-state index is 5.27. The Kier molecular flexibility index (Phi) is 3.73. The molecule has 1 aromatic heterocycles. The third-order valence-corrected chi connectivity index (χ3v) is 3.63. The maximum Gasteiger partial charge on any atom is 0.198 e. The molecule has 0 saturated carbocycles. The molecule has 16 heavy (non-hydrogen) atoms. The van der Waals surface area contributed by atoms with Crippen LogP contribution in [0.2, 0.25) is 0 Å². The van der Waals surface area contributed by atoms with E-state index >= 15 is 0 Å². The lowest BCUT2D eigenvalue weighted by Gasteiger charge is -2.33. The average Bonchev–Trinajstić information content (AvgIpc) is 2.62. The molecule has 1 fully saturated rings. The Morgan fingerprint density at radius 3 is 2.38 bits per heavy atom. The first kappa shape index (κ1) is 11.8. The second-order valence-corrected chi connectivity index (χ2v) is 4.58. The van der Waals surface area contributed by atoms with Crippen molar-refractivity contribution in [1.29, 1.82) is 0 Å². The maximum atomic E-state index is 5.27. The van der Waals surface area contributed by atoms with Gasteiger partial charge in [0.05, 0.1) is 6.67 Å². The molecular formula is C10H19N5S. The summed E-state index contributed by atoms with van der Waals surface area (Å²) in [5.74, 6) is 0. The quantitative estimate of drug-likeness (QED) is 0.723. The Bertz CT molecular complexity index is 388. The number of likely N-dealkylation sites (N-methyl/N-ethyl adjacent to an activating group) is 1. The molecule has 0 spiro atoms. The normalized spacial score (nSPS) is 19.1. The fourth-order valence-corrected chi connectivity index (χ4v) is 2.11. The van der Waals surface area contributed by atoms with Gasteiger partial charge < -0.3 is 9.47 Å². The highest BCUT2D eigenvalue weighted by atomic mass is 32.1. The van der Waals surface area contributed by atoms with E-state index in [2.05, 4.69) is 21.8 Å². The monoisotopic (exact) mass is 241 g/mol. The van der Waals surface area contributed by atoms with Gasteiger partial charge in [0.25, 0.3) is 0 Å². The molecule has 0 atom stereocenters. The van der Waals surface area contributed by atoms with Crippen molar-refractivity contribution in [2.45, 2.75) is 13.6 Å². The summed E-state index contributed by atoms with van der Waals surface area (Å²) in [5, 5.41) is 4.27. The molecule has 5 nitrogen and oxygen atoms in total. The Morgan fingerprint density at radius 1 is 1.25 bits per heavy atom. The summed E-state index contributed by atoms with van der Waals surface area (Å²) in [6.45, 7) is 8.68. The molecule has 1 aromatic rings. The van der Waals surface area contributed by atoms with Crippen LogP contribution in [0.4, 0.5) is 0 Å². The van der Waals surface area contributed by atoms with E-state index in [9.17, 15) is 0 Å². The number of piperazine rings is 1. The second-order valence-electron chi connectivity index (χ2n) is 4.22. The fraction of sp³-hybridized carbons (Fsp3) is 0.800. The van der Waals surface area contributed by atoms with Crippen LogP contribution in [0.3, 0.4) is 0 Å². The van der Waals surface area contributed by atoms with Crippen molar-refractivity contribution in [2.75, 3.05) is 32.7 Å². The highest BCUT2D eigenvalue weighted by Crippen LogP contribution is 2.03. The van der Waals surface area contributed by atoms with Gasteiger partial charge in [-0.1, -0.05) is 6.92 Å². The van der Waals surface area contributed by atoms with Gasteiger partial charge in [0.2, 0.25) is 0 Å². The number of nitrogens with zero attached hydrogens (tertiary/aromatic N) is 5. The molecule has 1 saturated heterocycles. The summed E-state index contributed by atoms with van der Waals surface area (Å²) in [5.41, 5.74) is 0. The van der Waals surface area contributed by atoms with Crippen LogP contribution in [-0.2, 0) is 13.7 Å². The van der Waals surface area contributed by atoms with E-state index in [0.717, 1.165) is 44.2 Å². The lowest BCUT2D eigenvalue weighted by Crippen LogP contribution is -2.46. The topological polar surface area (TPSA) is 29.2 Å². The minimum atomic E-state index is 0.790. The summed E-state index contributed by atoms with van der Waals surface area (Å²) in [6, 6.07) is 0. The smallest absolute Gasteiger partial charge is 0.198 e. The van der Waals surface area contributed by atoms with E-state index in [0.29, 0.717) is 0 Å². The Balaban J connectivity index is 1.92. The number of hydrogen-bond acceptors (Lipinski definition) is 4. The van der Waals surface area contributed by atoms with Crippen LogP contribution in [0.5, 0.6) is 0 Å². The molecule has 0 N–H and O–H groups in total. The van der Waals surface area contributed by atoms with Gasteiger partial charge in [-0.05, 0) is 18.8 Å². The molecule has 6 heteroatoms. The van der Waals surface area contributed by atoms with E-state index in [4.69, 9.17) is 12.2 Å². The Morgan fingerprint density at radius 2 is 1.88 bits per heavy atom. The molecular weight excluding hydrogens is 222 g/mol. The van der Waals surface area contributed by atoms with Crippen molar-refractivity contribution < 1.29 is 0 Å². The second kappa shape index (κ2) is 5.07. The van der Waals surface area contributed by atoms with Crippen LogP contribution >= 0.6 is 12.2 Å². The summed E-state index contributed by atoms with van der Waals surface area (Å²) in [6.07, 6.45) is 1.77. The summed E-state index contributed by atoms with van der Waals surface area (Å²) >= 11 is 5.27. The number of aromatic nitrogens is 3. The zero-order chi connectivity index (χ0) is 11.5. The molecule has 0 aromatic carbocycles. The molecule has 2 rings (SSSR count). The molecule has 1 aliphatic heterocycles. The van der Waals surface area contributed by atoms with Crippen molar-refractivity contribution in [2.24, 2.45) is 7.05 Å². The van der Waals surface area contributed by atoms with Gasteiger partial charge in [0, 0.05) is 33.2 Å². The Labute approximate surface area is 101 Å². The molecule has 90 valence electrons. The van der Waals surface area contributed by atoms with E-state index in [1.807, 2.05) is 16.3 Å². The van der Waals surface area contributed by atoms with Crippen LogP contribution in [0.15, 0.2) is 6.33 Å². The third kappa shape index (κ3) is 2.50. The largest absolute Gasteiger partial charge is 0.310 e. The first-order valence-corrected chi connectivity index (χ1v) is 6.14. The fourth-order valence-electron chi connectivity index (χ4n) is 1.95. The third-order valence-electron chi connectivity index (χ3n) is 3.13. The molecule has 2 heterocycles. The molecule has 1 aliphatic rings. The van der Waals surface area contributed by atoms with E-state index < -0.39 is 0 Å². The van der Waals surface area contributed by atoms with Crippen LogP contribution in [0, 0.1) is 4.77 Å². The number of rotatable bonds is 3. The Hall–Kier alpha value is -0.720. The first-order valence-electron chi connectivity index (χ1n) is 5.74. The number of aryl methyl sites for hydroxylation is 1. The van der Waals surface area contributed by atoms with Crippen molar-refractivity contribution >= 4 is 12.2 Å². The van der Waals surface area contributed by atoms with Crippen LogP contribution in [-0.4, -0.2) is 56.9 Å². The lowest BCUT2D eigenvalue weighted by atomic mass is 10.3. The summed E-state index contributed by atoms with van der Waals surface area (Å²) < 4.78 is 4.55. The zero-order valence-electron chi connectivity index (χ0n) is 9.96. The standard InChI is InChI=1S/C10H19N5S/c1-3-13-4-6-14(7-5-13)9-15-10(16)12(2)8-11-15/h8H,3-7,9H2,1-2H3. The van der Waals surface area contributed by atoms with E-state index in [1.54, 1.807) is 6.33 Å². The minimum Gasteiger partial charge on any atom is -0.310 e. The minimum absolute atomic E-state index is 0.790. The van der Waals surface area contributed by atoms with Gasteiger partial charge in [-0.15, -0.1) is 0 Å².